The molecule has 2 aromatic rings. The number of nitrogens with zero attached hydrogens (tertiary/aromatic N) is 1. The zero-order valence-electron chi connectivity index (χ0n) is 19.3. The quantitative estimate of drug-likeness (QED) is 0.598. The summed E-state index contributed by atoms with van der Waals surface area (Å²) in [7, 11) is 0. The van der Waals surface area contributed by atoms with Crippen molar-refractivity contribution in [1.82, 2.24) is 4.90 Å². The van der Waals surface area contributed by atoms with E-state index in [1.165, 1.54) is 4.90 Å². The molecule has 2 amide bonds. The number of hydrogen-bond acceptors (Lipinski definition) is 4. The van der Waals surface area contributed by atoms with Gasteiger partial charge in [-0.3, -0.25) is 14.5 Å². The number of carbonyl (C=O) groups excluding carboxylic acids is 2. The summed E-state index contributed by atoms with van der Waals surface area (Å²) < 4.78 is 5.76. The van der Waals surface area contributed by atoms with Gasteiger partial charge >= 0.3 is 0 Å². The van der Waals surface area contributed by atoms with Crippen LogP contribution in [0.25, 0.3) is 5.57 Å². The molecule has 0 unspecified atom stereocenters. The van der Waals surface area contributed by atoms with E-state index in [0.717, 1.165) is 22.6 Å². The number of ether oxygens (including phenoxy) is 1. The molecule has 0 spiro atoms. The summed E-state index contributed by atoms with van der Waals surface area (Å²) in [6, 6.07) is 13.3. The standard InChI is InChI=1S/C26H32N2O3/c1-16(2)14-28-25(29)23(20-10-12-21(13-11-20)31-15-17(3)4)24(26(28)30)27-22-9-7-8-18(5)19(22)6/h7-13,16-17,27H,14-15H2,1-6H3. The lowest BCUT2D eigenvalue weighted by Crippen LogP contribution is -2.35. The predicted octanol–water partition coefficient (Wildman–Crippen LogP) is 5.19. The molecule has 1 heterocycles. The Kier molecular flexibility index (Phi) is 6.84. The molecule has 0 aromatic heterocycles. The van der Waals surface area contributed by atoms with E-state index in [2.05, 4.69) is 19.2 Å². The van der Waals surface area contributed by atoms with Gasteiger partial charge in [0.1, 0.15) is 11.4 Å². The Morgan fingerprint density at radius 2 is 1.58 bits per heavy atom. The molecule has 2 aromatic carbocycles. The number of imide groups is 1. The lowest BCUT2D eigenvalue weighted by Gasteiger charge is -2.18. The Bertz CT molecular complexity index is 1000. The second-order valence-corrected chi connectivity index (χ2v) is 8.97. The van der Waals surface area contributed by atoms with Gasteiger partial charge in [-0.25, -0.2) is 0 Å². The Hall–Kier alpha value is -3.08. The maximum absolute atomic E-state index is 13.3. The molecule has 1 N–H and O–H groups in total. The molecule has 1 aliphatic rings. The Balaban J connectivity index is 2.00. The molecule has 0 saturated carbocycles. The van der Waals surface area contributed by atoms with Crippen LogP contribution in [0.4, 0.5) is 5.69 Å². The van der Waals surface area contributed by atoms with Crippen LogP contribution in [-0.2, 0) is 9.59 Å². The van der Waals surface area contributed by atoms with Crippen LogP contribution in [0, 0.1) is 25.7 Å². The average Bonchev–Trinajstić information content (AvgIpc) is 2.94. The third-order valence-electron chi connectivity index (χ3n) is 5.31. The highest BCUT2D eigenvalue weighted by atomic mass is 16.5. The van der Waals surface area contributed by atoms with Gasteiger partial charge in [0.2, 0.25) is 0 Å². The van der Waals surface area contributed by atoms with Crippen molar-refractivity contribution in [3.8, 4) is 5.75 Å². The maximum atomic E-state index is 13.3. The minimum Gasteiger partial charge on any atom is -0.493 e. The van der Waals surface area contributed by atoms with Gasteiger partial charge < -0.3 is 10.1 Å². The second-order valence-electron chi connectivity index (χ2n) is 8.97. The van der Waals surface area contributed by atoms with Gasteiger partial charge in [-0.05, 0) is 60.6 Å². The highest BCUT2D eigenvalue weighted by Gasteiger charge is 2.39. The summed E-state index contributed by atoms with van der Waals surface area (Å²) in [4.78, 5) is 27.9. The predicted molar refractivity (Wildman–Crippen MR) is 125 cm³/mol. The fourth-order valence-electron chi connectivity index (χ4n) is 3.49. The number of hydrogen-bond donors (Lipinski definition) is 1. The van der Waals surface area contributed by atoms with Crippen LogP contribution in [0.1, 0.15) is 44.4 Å². The van der Waals surface area contributed by atoms with E-state index in [4.69, 9.17) is 4.74 Å². The zero-order valence-corrected chi connectivity index (χ0v) is 19.3. The van der Waals surface area contributed by atoms with Crippen LogP contribution >= 0.6 is 0 Å². The van der Waals surface area contributed by atoms with Crippen molar-refractivity contribution in [2.45, 2.75) is 41.5 Å². The van der Waals surface area contributed by atoms with Crippen molar-refractivity contribution in [2.24, 2.45) is 11.8 Å². The summed E-state index contributed by atoms with van der Waals surface area (Å²) in [6.07, 6.45) is 0. The first kappa shape index (κ1) is 22.6. The van der Waals surface area contributed by atoms with Gasteiger partial charge in [-0.1, -0.05) is 52.0 Å². The Morgan fingerprint density at radius 3 is 2.19 bits per heavy atom. The van der Waals surface area contributed by atoms with E-state index in [1.54, 1.807) is 0 Å². The fraction of sp³-hybridized carbons (Fsp3) is 0.385. The first-order valence-electron chi connectivity index (χ1n) is 10.9. The number of nitrogens with one attached hydrogen (secondary N) is 1. The third kappa shape index (κ3) is 4.98. The van der Waals surface area contributed by atoms with Gasteiger partial charge in [0.25, 0.3) is 11.8 Å². The summed E-state index contributed by atoms with van der Waals surface area (Å²) >= 11 is 0. The Morgan fingerprint density at radius 1 is 0.903 bits per heavy atom. The van der Waals surface area contributed by atoms with Crippen molar-refractivity contribution in [2.75, 3.05) is 18.5 Å². The lowest BCUT2D eigenvalue weighted by atomic mass is 10.0. The normalized spacial score (nSPS) is 14.3. The van der Waals surface area contributed by atoms with Gasteiger partial charge in [-0.15, -0.1) is 0 Å². The number of anilines is 1. The molecule has 0 fully saturated rings. The molecule has 5 heteroatoms. The fourth-order valence-corrected chi connectivity index (χ4v) is 3.49. The van der Waals surface area contributed by atoms with E-state index in [9.17, 15) is 9.59 Å². The van der Waals surface area contributed by atoms with E-state index in [0.29, 0.717) is 35.9 Å². The molecular formula is C26H32N2O3. The summed E-state index contributed by atoms with van der Waals surface area (Å²) in [5.41, 5.74) is 4.44. The maximum Gasteiger partial charge on any atom is 0.278 e. The largest absolute Gasteiger partial charge is 0.493 e. The molecule has 0 atom stereocenters. The first-order valence-corrected chi connectivity index (χ1v) is 10.9. The van der Waals surface area contributed by atoms with Crippen molar-refractivity contribution in [3.05, 3.63) is 64.9 Å². The van der Waals surface area contributed by atoms with E-state index in [-0.39, 0.29) is 17.7 Å². The van der Waals surface area contributed by atoms with Crippen LogP contribution in [0.3, 0.4) is 0 Å². The number of carbonyl (C=O) groups is 2. The topological polar surface area (TPSA) is 58.6 Å². The molecule has 3 rings (SSSR count). The molecule has 0 radical (unpaired) electrons. The molecule has 0 aliphatic carbocycles. The van der Waals surface area contributed by atoms with Gasteiger partial charge in [-0.2, -0.15) is 0 Å². The highest BCUT2D eigenvalue weighted by Crippen LogP contribution is 2.33. The van der Waals surface area contributed by atoms with Crippen LogP contribution in [0.2, 0.25) is 0 Å². The highest BCUT2D eigenvalue weighted by molar-refractivity contribution is 6.36. The minimum absolute atomic E-state index is 0.181. The van der Waals surface area contributed by atoms with Crippen LogP contribution < -0.4 is 10.1 Å². The van der Waals surface area contributed by atoms with Gasteiger partial charge in [0.05, 0.1) is 12.2 Å². The number of rotatable bonds is 8. The molecular weight excluding hydrogens is 388 g/mol. The molecule has 1 aliphatic heterocycles. The third-order valence-corrected chi connectivity index (χ3v) is 5.31. The lowest BCUT2D eigenvalue weighted by molar-refractivity contribution is -0.137. The summed E-state index contributed by atoms with van der Waals surface area (Å²) in [6.45, 7) is 13.2. The first-order chi connectivity index (χ1) is 14.7. The van der Waals surface area contributed by atoms with Gasteiger partial charge in [0, 0.05) is 12.2 Å². The second kappa shape index (κ2) is 9.38. The molecule has 0 bridgehead atoms. The van der Waals surface area contributed by atoms with Crippen molar-refractivity contribution in [1.29, 1.82) is 0 Å². The summed E-state index contributed by atoms with van der Waals surface area (Å²) in [5.74, 6) is 0.811. The SMILES string of the molecule is Cc1cccc(NC2=C(c3ccc(OCC(C)C)cc3)C(=O)N(CC(C)C)C2=O)c1C. The number of amides is 2. The molecule has 31 heavy (non-hydrogen) atoms. The van der Waals surface area contributed by atoms with E-state index in [1.807, 2.05) is 70.2 Å². The van der Waals surface area contributed by atoms with Crippen LogP contribution in [0.5, 0.6) is 5.75 Å². The van der Waals surface area contributed by atoms with E-state index >= 15 is 0 Å². The molecule has 0 saturated heterocycles. The van der Waals surface area contributed by atoms with E-state index < -0.39 is 0 Å². The van der Waals surface area contributed by atoms with Gasteiger partial charge in [0.15, 0.2) is 0 Å². The zero-order chi connectivity index (χ0) is 22.7. The monoisotopic (exact) mass is 420 g/mol. The van der Waals surface area contributed by atoms with Crippen molar-refractivity contribution in [3.63, 3.8) is 0 Å². The molecule has 164 valence electrons. The van der Waals surface area contributed by atoms with Crippen molar-refractivity contribution < 1.29 is 14.3 Å². The smallest absolute Gasteiger partial charge is 0.278 e. The van der Waals surface area contributed by atoms with Crippen molar-refractivity contribution >= 4 is 23.1 Å². The number of benzene rings is 2. The number of aryl methyl sites for hydroxylation is 1. The van der Waals surface area contributed by atoms with Crippen LogP contribution in [0.15, 0.2) is 48.2 Å². The average molecular weight is 421 g/mol. The summed E-state index contributed by atoms with van der Waals surface area (Å²) in [5, 5.41) is 3.27. The Labute approximate surface area is 185 Å². The van der Waals surface area contributed by atoms with Crippen LogP contribution in [-0.4, -0.2) is 29.9 Å². The minimum atomic E-state index is -0.283. The molecule has 5 nitrogen and oxygen atoms in total.